The van der Waals surface area contributed by atoms with Gasteiger partial charge < -0.3 is 35.3 Å². The van der Waals surface area contributed by atoms with Crippen LogP contribution in [-0.2, 0) is 4.79 Å². The van der Waals surface area contributed by atoms with Crippen LogP contribution in [0.2, 0.25) is 5.02 Å². The largest absolute Gasteiger partial charge is 0.482 e. The Hall–Kier alpha value is -3.60. The number of benzene rings is 1. The van der Waals surface area contributed by atoms with Gasteiger partial charge in [0.2, 0.25) is 0 Å². The number of hydrogen-bond donors (Lipinski definition) is 2. The normalized spacial score (nSPS) is 15.7. The smallest absolute Gasteiger partial charge is 0.363 e. The van der Waals surface area contributed by atoms with Gasteiger partial charge in [0.25, 0.3) is 5.91 Å². The predicted molar refractivity (Wildman–Crippen MR) is 109 cm³/mol. The Bertz CT molecular complexity index is 1010. The summed E-state index contributed by atoms with van der Waals surface area (Å²) in [6.45, 7) is 1.93. The van der Waals surface area contributed by atoms with Crippen LogP contribution in [0.15, 0.2) is 30.5 Å². The Kier molecular flexibility index (Phi) is 5.27. The van der Waals surface area contributed by atoms with E-state index >= 15 is 0 Å². The van der Waals surface area contributed by atoms with E-state index in [4.69, 9.17) is 16.3 Å². The standard InChI is InChI=1S/C18H17ClN6O5/c19-12-7-14-15(30-10-17(26)21-14)8-13(12)22-18(27)24-5-3-23(4-6-24)11-1-2-16(20-9-11)25(28)29/h1-2,7-9H,3-6,10H2,(H,21,26)(H,22,27). The number of nitrogens with zero attached hydrogens (tertiary/aromatic N) is 4. The molecule has 11 nitrogen and oxygen atoms in total. The van der Waals surface area contributed by atoms with Crippen LogP contribution in [0, 0.1) is 10.1 Å². The number of hydrogen-bond acceptors (Lipinski definition) is 7. The average Bonchev–Trinajstić information content (AvgIpc) is 2.74. The van der Waals surface area contributed by atoms with Crippen LogP contribution in [0.5, 0.6) is 5.75 Å². The minimum absolute atomic E-state index is 0.0958. The van der Waals surface area contributed by atoms with Crippen LogP contribution in [0.4, 0.5) is 27.7 Å². The molecular weight excluding hydrogens is 416 g/mol. The van der Waals surface area contributed by atoms with Crippen molar-refractivity contribution >= 4 is 46.4 Å². The molecule has 0 atom stereocenters. The van der Waals surface area contributed by atoms with Gasteiger partial charge in [-0.1, -0.05) is 11.6 Å². The molecule has 12 heteroatoms. The molecule has 2 aliphatic rings. The van der Waals surface area contributed by atoms with Crippen LogP contribution in [0.1, 0.15) is 0 Å². The molecule has 0 spiro atoms. The summed E-state index contributed by atoms with van der Waals surface area (Å²) in [7, 11) is 0. The second kappa shape index (κ2) is 8.03. The van der Waals surface area contributed by atoms with Gasteiger partial charge in [0, 0.05) is 38.3 Å². The Balaban J connectivity index is 1.37. The molecule has 0 aliphatic carbocycles. The first-order valence-electron chi connectivity index (χ1n) is 9.08. The zero-order valence-electron chi connectivity index (χ0n) is 15.6. The molecule has 1 aromatic carbocycles. The van der Waals surface area contributed by atoms with Crippen molar-refractivity contribution in [3.05, 3.63) is 45.6 Å². The minimum Gasteiger partial charge on any atom is -0.482 e. The van der Waals surface area contributed by atoms with Gasteiger partial charge >= 0.3 is 11.8 Å². The Morgan fingerprint density at radius 3 is 2.70 bits per heavy atom. The molecular formula is C18H17ClN6O5. The lowest BCUT2D eigenvalue weighted by Gasteiger charge is -2.35. The van der Waals surface area contributed by atoms with E-state index in [1.165, 1.54) is 18.3 Å². The maximum atomic E-state index is 12.6. The molecule has 0 bridgehead atoms. The van der Waals surface area contributed by atoms with Crippen molar-refractivity contribution in [2.24, 2.45) is 0 Å². The number of amides is 3. The van der Waals surface area contributed by atoms with Gasteiger partial charge in [-0.2, -0.15) is 0 Å². The first-order chi connectivity index (χ1) is 14.4. The number of carbonyl (C=O) groups excluding carboxylic acids is 2. The number of carbonyl (C=O) groups is 2. The third-order valence-corrected chi connectivity index (χ3v) is 5.11. The lowest BCUT2D eigenvalue weighted by Crippen LogP contribution is -2.50. The zero-order chi connectivity index (χ0) is 21.3. The molecule has 3 amide bonds. The predicted octanol–water partition coefficient (Wildman–Crippen LogP) is 2.33. The van der Waals surface area contributed by atoms with Gasteiger partial charge in [0.1, 0.15) is 5.75 Å². The molecule has 0 unspecified atom stereocenters. The lowest BCUT2D eigenvalue weighted by molar-refractivity contribution is -0.389. The van der Waals surface area contributed by atoms with Crippen molar-refractivity contribution in [2.75, 3.05) is 48.3 Å². The maximum Gasteiger partial charge on any atom is 0.363 e. The first-order valence-corrected chi connectivity index (χ1v) is 9.46. The monoisotopic (exact) mass is 432 g/mol. The molecule has 0 saturated carbocycles. The van der Waals surface area contributed by atoms with E-state index < -0.39 is 4.92 Å². The van der Waals surface area contributed by atoms with Gasteiger partial charge in [0.15, 0.2) is 12.8 Å². The number of nitro groups is 1. The molecule has 30 heavy (non-hydrogen) atoms. The van der Waals surface area contributed by atoms with Gasteiger partial charge in [-0.3, -0.25) is 4.79 Å². The van der Waals surface area contributed by atoms with E-state index in [0.717, 1.165) is 5.69 Å². The molecule has 156 valence electrons. The summed E-state index contributed by atoms with van der Waals surface area (Å²) in [5, 5.41) is 16.4. The molecule has 1 aromatic heterocycles. The van der Waals surface area contributed by atoms with Crippen LogP contribution in [-0.4, -0.2) is 59.5 Å². The second-order valence-electron chi connectivity index (χ2n) is 6.70. The van der Waals surface area contributed by atoms with Crippen LogP contribution < -0.4 is 20.3 Å². The van der Waals surface area contributed by atoms with Crippen molar-refractivity contribution in [1.29, 1.82) is 0 Å². The van der Waals surface area contributed by atoms with E-state index in [9.17, 15) is 19.7 Å². The van der Waals surface area contributed by atoms with E-state index in [0.29, 0.717) is 43.3 Å². The fraction of sp³-hybridized carbons (Fsp3) is 0.278. The third kappa shape index (κ3) is 4.06. The highest BCUT2D eigenvalue weighted by atomic mass is 35.5. The van der Waals surface area contributed by atoms with E-state index in [2.05, 4.69) is 15.6 Å². The Morgan fingerprint density at radius 2 is 2.03 bits per heavy atom. The Labute approximate surface area is 175 Å². The fourth-order valence-corrected chi connectivity index (χ4v) is 3.44. The molecule has 3 heterocycles. The first kappa shape index (κ1) is 19.7. The zero-order valence-corrected chi connectivity index (χ0v) is 16.4. The van der Waals surface area contributed by atoms with Crippen molar-refractivity contribution in [2.45, 2.75) is 0 Å². The Morgan fingerprint density at radius 1 is 1.27 bits per heavy atom. The highest BCUT2D eigenvalue weighted by Gasteiger charge is 2.24. The van der Waals surface area contributed by atoms with E-state index in [1.54, 1.807) is 17.0 Å². The highest BCUT2D eigenvalue weighted by Crippen LogP contribution is 2.36. The van der Waals surface area contributed by atoms with Crippen molar-refractivity contribution < 1.29 is 19.2 Å². The molecule has 0 radical (unpaired) electrons. The summed E-state index contributed by atoms with van der Waals surface area (Å²) >= 11 is 6.23. The molecule has 2 aromatic rings. The van der Waals surface area contributed by atoms with Crippen LogP contribution in [0.25, 0.3) is 0 Å². The molecule has 1 saturated heterocycles. The van der Waals surface area contributed by atoms with Crippen LogP contribution >= 0.6 is 11.6 Å². The number of rotatable bonds is 3. The number of halogens is 1. The second-order valence-corrected chi connectivity index (χ2v) is 7.11. The molecule has 2 aliphatic heterocycles. The quantitative estimate of drug-likeness (QED) is 0.562. The van der Waals surface area contributed by atoms with Gasteiger partial charge in [-0.25, -0.2) is 4.79 Å². The summed E-state index contributed by atoms with van der Waals surface area (Å²) in [6, 6.07) is 5.80. The molecule has 1 fully saturated rings. The lowest BCUT2D eigenvalue weighted by atomic mass is 10.2. The van der Waals surface area contributed by atoms with E-state index in [-0.39, 0.29) is 29.4 Å². The molecule has 4 rings (SSSR count). The van der Waals surface area contributed by atoms with Crippen molar-refractivity contribution in [3.63, 3.8) is 0 Å². The number of piperazine rings is 1. The number of nitrogens with one attached hydrogen (secondary N) is 2. The summed E-state index contributed by atoms with van der Waals surface area (Å²) < 4.78 is 5.35. The SMILES string of the molecule is O=C1COc2cc(NC(=O)N3CCN(c4ccc([N+](=O)[O-])nc4)CC3)c(Cl)cc2N1. The molecule has 2 N–H and O–H groups in total. The van der Waals surface area contributed by atoms with Gasteiger partial charge in [0.05, 0.1) is 22.1 Å². The maximum absolute atomic E-state index is 12.6. The topological polar surface area (TPSA) is 130 Å². The fourth-order valence-electron chi connectivity index (χ4n) is 3.23. The number of aromatic nitrogens is 1. The van der Waals surface area contributed by atoms with Crippen molar-refractivity contribution in [1.82, 2.24) is 9.88 Å². The number of anilines is 3. The highest BCUT2D eigenvalue weighted by molar-refractivity contribution is 6.34. The summed E-state index contributed by atoms with van der Waals surface area (Å²) in [5.41, 5.74) is 1.61. The van der Waals surface area contributed by atoms with Crippen molar-refractivity contribution in [3.8, 4) is 5.75 Å². The van der Waals surface area contributed by atoms with Gasteiger partial charge in [-0.15, -0.1) is 0 Å². The number of urea groups is 1. The minimum atomic E-state index is -0.545. The number of fused-ring (bicyclic) bond motifs is 1. The summed E-state index contributed by atoms with van der Waals surface area (Å²) in [5.74, 6) is -0.0385. The third-order valence-electron chi connectivity index (χ3n) is 4.80. The van der Waals surface area contributed by atoms with E-state index in [1.807, 2.05) is 4.90 Å². The van der Waals surface area contributed by atoms with Crippen LogP contribution in [0.3, 0.4) is 0 Å². The van der Waals surface area contributed by atoms with Gasteiger partial charge in [-0.05, 0) is 22.0 Å². The number of ether oxygens (including phenoxy) is 1. The summed E-state index contributed by atoms with van der Waals surface area (Å²) in [6.07, 6.45) is 1.46. The number of pyridine rings is 1. The average molecular weight is 433 g/mol. The summed E-state index contributed by atoms with van der Waals surface area (Å²) in [4.78, 5) is 41.7.